The molecule has 3 rings (SSSR count). The maximum absolute atomic E-state index is 11.2. The minimum absolute atomic E-state index is 0.265. The van der Waals surface area contributed by atoms with Gasteiger partial charge in [-0.05, 0) is 65.3 Å². The van der Waals surface area contributed by atoms with Crippen LogP contribution in [-0.4, -0.2) is 30.9 Å². The molecular formula is C33H43N3O3. The number of aliphatic imine (C=N–C) groups is 1. The fraction of sp³-hybridized carbons (Fsp3) is 0.394. The Kier molecular flexibility index (Phi) is 9.79. The lowest BCUT2D eigenvalue weighted by atomic mass is 9.78. The number of hydrazone groups is 1. The standard InChI is InChI=1S/C33H43N3O3/c1-9-10-18-39-28-17-16-23(19-29(28)38-8)22-34-36-31(35-25-14-12-11-13-15-25)24-20-26(32(2,3)4)30(37)27(21-24)33(5,6)7/h11-17,19-22,37H,9-10,18H2,1-8H3,(H,35,36)/b34-22+. The molecule has 0 amide bonds. The Bertz CT molecular complexity index is 1270. The first kappa shape index (κ1) is 29.8. The average Bonchev–Trinajstić information content (AvgIpc) is 2.88. The highest BCUT2D eigenvalue weighted by Gasteiger charge is 2.27. The molecule has 0 unspecified atom stereocenters. The number of hydrogen-bond donors (Lipinski definition) is 2. The summed E-state index contributed by atoms with van der Waals surface area (Å²) in [5, 5.41) is 15.7. The molecule has 0 atom stereocenters. The molecule has 0 spiro atoms. The summed E-state index contributed by atoms with van der Waals surface area (Å²) in [5.74, 6) is 2.29. The number of benzene rings is 3. The minimum atomic E-state index is -0.265. The maximum Gasteiger partial charge on any atom is 0.161 e. The van der Waals surface area contributed by atoms with Crippen molar-refractivity contribution in [3.63, 3.8) is 0 Å². The fourth-order valence-electron chi connectivity index (χ4n) is 4.08. The third-order valence-corrected chi connectivity index (χ3v) is 6.32. The van der Waals surface area contributed by atoms with Gasteiger partial charge in [0, 0.05) is 16.7 Å². The topological polar surface area (TPSA) is 75.4 Å². The first-order chi connectivity index (χ1) is 18.4. The van der Waals surface area contributed by atoms with E-state index in [0.29, 0.717) is 23.9 Å². The fourth-order valence-corrected chi connectivity index (χ4v) is 4.08. The Labute approximate surface area is 233 Å². The number of unbranched alkanes of at least 4 members (excludes halogenated alkanes) is 1. The van der Waals surface area contributed by atoms with Crippen molar-refractivity contribution in [3.05, 3.63) is 82.9 Å². The van der Waals surface area contributed by atoms with Crippen LogP contribution in [0.25, 0.3) is 0 Å². The lowest BCUT2D eigenvalue weighted by Crippen LogP contribution is -2.23. The van der Waals surface area contributed by atoms with E-state index >= 15 is 0 Å². The van der Waals surface area contributed by atoms with E-state index in [-0.39, 0.29) is 10.8 Å². The monoisotopic (exact) mass is 529 g/mol. The van der Waals surface area contributed by atoms with Gasteiger partial charge < -0.3 is 14.6 Å². The van der Waals surface area contributed by atoms with Crippen molar-refractivity contribution in [2.45, 2.75) is 72.1 Å². The zero-order valence-corrected chi connectivity index (χ0v) is 24.6. The number of nitrogens with zero attached hydrogens (tertiary/aromatic N) is 2. The highest BCUT2D eigenvalue weighted by atomic mass is 16.5. The quantitative estimate of drug-likeness (QED) is 0.128. The summed E-state index contributed by atoms with van der Waals surface area (Å²) in [6.45, 7) is 15.4. The molecule has 6 heteroatoms. The van der Waals surface area contributed by atoms with Crippen LogP contribution in [-0.2, 0) is 10.8 Å². The molecule has 0 fully saturated rings. The Morgan fingerprint density at radius 1 is 0.897 bits per heavy atom. The second-order valence-electron chi connectivity index (χ2n) is 11.7. The molecule has 3 aromatic rings. The molecule has 39 heavy (non-hydrogen) atoms. The number of hydrogen-bond acceptors (Lipinski definition) is 5. The van der Waals surface area contributed by atoms with Crippen LogP contribution < -0.4 is 14.9 Å². The number of rotatable bonds is 9. The van der Waals surface area contributed by atoms with Crippen LogP contribution in [0.2, 0.25) is 0 Å². The average molecular weight is 530 g/mol. The number of para-hydroxylation sites is 1. The summed E-state index contributed by atoms with van der Waals surface area (Å²) >= 11 is 0. The van der Waals surface area contributed by atoms with Gasteiger partial charge in [0.25, 0.3) is 0 Å². The molecule has 0 aliphatic rings. The summed E-state index contributed by atoms with van der Waals surface area (Å²) in [6, 6.07) is 19.5. The summed E-state index contributed by atoms with van der Waals surface area (Å²) in [5.41, 5.74) is 6.87. The van der Waals surface area contributed by atoms with E-state index in [0.717, 1.165) is 46.5 Å². The van der Waals surface area contributed by atoms with E-state index in [1.807, 2.05) is 60.7 Å². The molecule has 0 aromatic heterocycles. The van der Waals surface area contributed by atoms with Gasteiger partial charge in [0.05, 0.1) is 25.6 Å². The molecule has 0 aliphatic carbocycles. The first-order valence-electron chi connectivity index (χ1n) is 13.6. The van der Waals surface area contributed by atoms with E-state index in [4.69, 9.17) is 14.5 Å². The van der Waals surface area contributed by atoms with Crippen LogP contribution in [0.5, 0.6) is 17.2 Å². The van der Waals surface area contributed by atoms with Crippen molar-refractivity contribution in [1.82, 2.24) is 5.43 Å². The van der Waals surface area contributed by atoms with Crippen molar-refractivity contribution < 1.29 is 14.6 Å². The molecular weight excluding hydrogens is 486 g/mol. The predicted octanol–water partition coefficient (Wildman–Crippen LogP) is 7.88. The molecule has 0 bridgehead atoms. The van der Waals surface area contributed by atoms with Crippen molar-refractivity contribution >= 4 is 17.7 Å². The zero-order valence-electron chi connectivity index (χ0n) is 24.6. The Hall–Kier alpha value is -3.80. The van der Waals surface area contributed by atoms with Gasteiger partial charge in [0.1, 0.15) is 5.75 Å². The highest BCUT2D eigenvalue weighted by molar-refractivity contribution is 6.01. The molecule has 0 heterocycles. The van der Waals surface area contributed by atoms with Crippen LogP contribution in [0.1, 0.15) is 83.6 Å². The molecule has 0 saturated carbocycles. The van der Waals surface area contributed by atoms with E-state index in [2.05, 4.69) is 59.0 Å². The number of methoxy groups -OCH3 is 1. The second kappa shape index (κ2) is 12.8. The maximum atomic E-state index is 11.2. The highest BCUT2D eigenvalue weighted by Crippen LogP contribution is 2.40. The third-order valence-electron chi connectivity index (χ3n) is 6.32. The number of phenols is 1. The van der Waals surface area contributed by atoms with Gasteiger partial charge >= 0.3 is 0 Å². The smallest absolute Gasteiger partial charge is 0.161 e. The number of phenolic OH excluding ortho intramolecular Hbond substituents is 1. The van der Waals surface area contributed by atoms with Gasteiger partial charge in [-0.1, -0.05) is 73.1 Å². The number of aromatic hydroxyl groups is 1. The van der Waals surface area contributed by atoms with Gasteiger partial charge in [-0.3, -0.25) is 5.43 Å². The van der Waals surface area contributed by atoms with Crippen LogP contribution in [0.15, 0.2) is 70.8 Å². The Balaban J connectivity index is 2.02. The van der Waals surface area contributed by atoms with E-state index in [9.17, 15) is 5.11 Å². The Morgan fingerprint density at radius 2 is 1.54 bits per heavy atom. The zero-order chi connectivity index (χ0) is 28.6. The van der Waals surface area contributed by atoms with Crippen LogP contribution in [0.3, 0.4) is 0 Å². The van der Waals surface area contributed by atoms with Crippen LogP contribution in [0, 0.1) is 0 Å². The summed E-state index contributed by atoms with van der Waals surface area (Å²) in [7, 11) is 1.64. The van der Waals surface area contributed by atoms with Crippen molar-refractivity contribution in [1.29, 1.82) is 0 Å². The molecule has 2 N–H and O–H groups in total. The van der Waals surface area contributed by atoms with E-state index in [1.54, 1.807) is 13.3 Å². The SMILES string of the molecule is CCCCOc1ccc(/C=N/NC(=Nc2ccccc2)c2cc(C(C)(C)C)c(O)c(C(C)(C)C)c2)cc1OC. The molecule has 0 radical (unpaired) electrons. The van der Waals surface area contributed by atoms with E-state index < -0.39 is 0 Å². The predicted molar refractivity (Wildman–Crippen MR) is 162 cm³/mol. The van der Waals surface area contributed by atoms with Gasteiger partial charge in [-0.2, -0.15) is 5.10 Å². The minimum Gasteiger partial charge on any atom is -0.507 e. The summed E-state index contributed by atoms with van der Waals surface area (Å²) in [4.78, 5) is 4.89. The molecule has 0 aliphatic heterocycles. The van der Waals surface area contributed by atoms with Gasteiger partial charge in [-0.15, -0.1) is 0 Å². The van der Waals surface area contributed by atoms with Crippen LogP contribution in [0.4, 0.5) is 5.69 Å². The lowest BCUT2D eigenvalue weighted by Gasteiger charge is -2.28. The van der Waals surface area contributed by atoms with Crippen molar-refractivity contribution in [3.8, 4) is 17.2 Å². The number of ether oxygens (including phenoxy) is 2. The summed E-state index contributed by atoms with van der Waals surface area (Å²) < 4.78 is 11.4. The van der Waals surface area contributed by atoms with Crippen molar-refractivity contribution in [2.75, 3.05) is 13.7 Å². The number of nitrogens with one attached hydrogen (secondary N) is 1. The van der Waals surface area contributed by atoms with Crippen molar-refractivity contribution in [2.24, 2.45) is 10.1 Å². The van der Waals surface area contributed by atoms with Gasteiger partial charge in [-0.25, -0.2) is 4.99 Å². The lowest BCUT2D eigenvalue weighted by molar-refractivity contribution is 0.288. The molecule has 208 valence electrons. The van der Waals surface area contributed by atoms with E-state index in [1.165, 1.54) is 0 Å². The van der Waals surface area contributed by atoms with Gasteiger partial charge in [0.15, 0.2) is 17.3 Å². The molecule has 3 aromatic carbocycles. The largest absolute Gasteiger partial charge is 0.507 e. The number of amidine groups is 1. The normalized spacial score (nSPS) is 12.6. The second-order valence-corrected chi connectivity index (χ2v) is 11.7. The molecule has 0 saturated heterocycles. The Morgan fingerprint density at radius 3 is 2.10 bits per heavy atom. The first-order valence-corrected chi connectivity index (χ1v) is 13.6. The summed E-state index contributed by atoms with van der Waals surface area (Å²) in [6.07, 6.45) is 3.79. The van der Waals surface area contributed by atoms with Crippen LogP contribution >= 0.6 is 0 Å². The molecule has 6 nitrogen and oxygen atoms in total. The van der Waals surface area contributed by atoms with Gasteiger partial charge in [0.2, 0.25) is 0 Å². The third kappa shape index (κ3) is 8.09.